The van der Waals surface area contributed by atoms with Crippen LogP contribution in [0.4, 0.5) is 0 Å². The fourth-order valence-corrected chi connectivity index (χ4v) is 3.84. The number of rotatable bonds is 4. The first-order valence-corrected chi connectivity index (χ1v) is 9.15. The van der Waals surface area contributed by atoms with Crippen LogP contribution in [0, 0.1) is 0 Å². The Balaban J connectivity index is 1.47. The van der Waals surface area contributed by atoms with Crippen LogP contribution < -0.4 is 0 Å². The summed E-state index contributed by atoms with van der Waals surface area (Å²) < 4.78 is 5.83. The Labute approximate surface area is 147 Å². The molecule has 1 fully saturated rings. The summed E-state index contributed by atoms with van der Waals surface area (Å²) in [6.45, 7) is 3.81. The topological polar surface area (TPSA) is 71.1 Å². The van der Waals surface area contributed by atoms with Gasteiger partial charge in [0.2, 0.25) is 5.91 Å². The summed E-state index contributed by atoms with van der Waals surface area (Å²) in [5.41, 5.74) is 2.50. The second-order valence-electron chi connectivity index (χ2n) is 6.82. The van der Waals surface area contributed by atoms with Crippen LogP contribution in [-0.4, -0.2) is 45.7 Å². The lowest BCUT2D eigenvalue weighted by atomic mass is 9.99. The quantitative estimate of drug-likeness (QED) is 0.928. The van der Waals surface area contributed by atoms with E-state index in [1.54, 1.807) is 0 Å². The third-order valence-electron chi connectivity index (χ3n) is 5.13. The monoisotopic (exact) mass is 340 g/mol. The maximum atomic E-state index is 13.1. The van der Waals surface area contributed by atoms with Gasteiger partial charge in [-0.1, -0.05) is 31.2 Å². The smallest absolute Gasteiger partial charge is 0.230 e. The molecule has 6 heteroatoms. The van der Waals surface area contributed by atoms with Gasteiger partial charge in [0.1, 0.15) is 11.9 Å². The number of hydrogen-bond acceptors (Lipinski definition) is 4. The van der Waals surface area contributed by atoms with Gasteiger partial charge in [0.25, 0.3) is 0 Å². The number of fused-ring (bicyclic) bond motifs is 1. The molecule has 0 unspecified atom stereocenters. The van der Waals surface area contributed by atoms with E-state index in [-0.39, 0.29) is 17.9 Å². The number of carbonyl (C=O) groups is 1. The van der Waals surface area contributed by atoms with Crippen LogP contribution in [0.1, 0.15) is 54.6 Å². The van der Waals surface area contributed by atoms with Gasteiger partial charge in [0, 0.05) is 13.0 Å². The number of hydrogen-bond donors (Lipinski definition) is 1. The van der Waals surface area contributed by atoms with Crippen LogP contribution in [0.5, 0.6) is 0 Å². The summed E-state index contributed by atoms with van der Waals surface area (Å²) in [5.74, 6) is 1.74. The minimum absolute atomic E-state index is 0.0160. The summed E-state index contributed by atoms with van der Waals surface area (Å²) in [4.78, 5) is 19.5. The predicted molar refractivity (Wildman–Crippen MR) is 93.2 cm³/mol. The molecule has 2 heterocycles. The Bertz CT molecular complexity index is 757. The molecular weight excluding hydrogens is 316 g/mol. The second-order valence-corrected chi connectivity index (χ2v) is 6.82. The number of nitrogens with one attached hydrogen (secondary N) is 1. The third kappa shape index (κ3) is 3.18. The van der Waals surface area contributed by atoms with E-state index in [9.17, 15) is 4.79 Å². The predicted octanol–water partition coefficient (Wildman–Crippen LogP) is 2.39. The maximum Gasteiger partial charge on any atom is 0.230 e. The average Bonchev–Trinajstić information content (AvgIpc) is 3.29. The van der Waals surface area contributed by atoms with Crippen molar-refractivity contribution in [2.45, 2.75) is 44.6 Å². The van der Waals surface area contributed by atoms with E-state index >= 15 is 0 Å². The lowest BCUT2D eigenvalue weighted by Gasteiger charge is -2.33. The van der Waals surface area contributed by atoms with E-state index in [0.29, 0.717) is 25.5 Å². The van der Waals surface area contributed by atoms with Gasteiger partial charge in [0.05, 0.1) is 19.1 Å². The molecule has 0 spiro atoms. The van der Waals surface area contributed by atoms with Crippen molar-refractivity contribution < 1.29 is 9.53 Å². The molecule has 1 N–H and O–H groups in total. The zero-order valence-electron chi connectivity index (χ0n) is 14.6. The zero-order valence-corrected chi connectivity index (χ0v) is 14.6. The Morgan fingerprint density at radius 2 is 2.28 bits per heavy atom. The molecule has 4 rings (SSSR count). The molecule has 1 aliphatic carbocycles. The molecule has 1 aliphatic heterocycles. The highest BCUT2D eigenvalue weighted by Crippen LogP contribution is 2.35. The van der Waals surface area contributed by atoms with Gasteiger partial charge in [-0.15, -0.1) is 0 Å². The van der Waals surface area contributed by atoms with Crippen molar-refractivity contribution >= 4 is 5.91 Å². The van der Waals surface area contributed by atoms with Crippen molar-refractivity contribution in [3.05, 3.63) is 47.0 Å². The molecule has 0 radical (unpaired) electrons. The summed E-state index contributed by atoms with van der Waals surface area (Å²) >= 11 is 0. The third-order valence-corrected chi connectivity index (χ3v) is 5.13. The van der Waals surface area contributed by atoms with Crippen LogP contribution in [0.2, 0.25) is 0 Å². The first-order valence-electron chi connectivity index (χ1n) is 9.15. The number of ether oxygens (including phenoxy) is 1. The minimum Gasteiger partial charge on any atom is -0.366 e. The van der Waals surface area contributed by atoms with Crippen molar-refractivity contribution in [3.63, 3.8) is 0 Å². The number of benzene rings is 1. The highest BCUT2D eigenvalue weighted by Gasteiger charge is 2.35. The lowest BCUT2D eigenvalue weighted by Crippen LogP contribution is -2.44. The number of morpholine rings is 1. The van der Waals surface area contributed by atoms with Crippen LogP contribution in [0.25, 0.3) is 0 Å². The molecular formula is C19H24N4O2. The molecule has 0 saturated carbocycles. The number of carbonyl (C=O) groups excluding carboxylic acids is 1. The Hall–Kier alpha value is -2.21. The summed E-state index contributed by atoms with van der Waals surface area (Å²) in [7, 11) is 0. The maximum absolute atomic E-state index is 13.1. The number of aromatic nitrogens is 3. The average molecular weight is 340 g/mol. The van der Waals surface area contributed by atoms with Gasteiger partial charge in [-0.05, 0) is 30.4 Å². The summed E-state index contributed by atoms with van der Waals surface area (Å²) in [5, 5.41) is 7.26. The van der Waals surface area contributed by atoms with E-state index in [0.717, 1.165) is 31.5 Å². The molecule has 6 nitrogen and oxygen atoms in total. The minimum atomic E-state index is -0.240. The number of aryl methyl sites for hydroxylation is 2. The van der Waals surface area contributed by atoms with Gasteiger partial charge >= 0.3 is 0 Å². The highest BCUT2D eigenvalue weighted by atomic mass is 16.5. The lowest BCUT2D eigenvalue weighted by molar-refractivity contribution is -0.140. The molecule has 2 atom stereocenters. The second kappa shape index (κ2) is 6.96. The molecule has 1 amide bonds. The van der Waals surface area contributed by atoms with Crippen LogP contribution >= 0.6 is 0 Å². The van der Waals surface area contributed by atoms with Crippen molar-refractivity contribution in [1.82, 2.24) is 20.1 Å². The Morgan fingerprint density at radius 1 is 1.40 bits per heavy atom. The zero-order chi connectivity index (χ0) is 17.2. The normalized spacial score (nSPS) is 22.8. The van der Waals surface area contributed by atoms with E-state index in [4.69, 9.17) is 4.74 Å². The largest absolute Gasteiger partial charge is 0.366 e. The molecule has 0 bridgehead atoms. The molecule has 1 aromatic carbocycles. The van der Waals surface area contributed by atoms with Crippen molar-refractivity contribution in [1.29, 1.82) is 0 Å². The molecule has 2 aromatic rings. The van der Waals surface area contributed by atoms with E-state index in [2.05, 4.69) is 34.2 Å². The van der Waals surface area contributed by atoms with Gasteiger partial charge in [-0.25, -0.2) is 4.98 Å². The Morgan fingerprint density at radius 3 is 3.16 bits per heavy atom. The van der Waals surface area contributed by atoms with Crippen LogP contribution in [0.3, 0.4) is 0 Å². The standard InChI is InChI=1S/C19H24N4O2/c1-2-5-17-20-18(22-21-17)16-12-23(10-11-25-16)19(24)15-9-8-13-6-3-4-7-14(13)15/h3-4,6-7,15-16H,2,5,8-12H2,1H3,(H,20,21,22)/t15-,16-/m1/s1. The SMILES string of the molecule is CCCc1nc([C@H]2CN(C(=O)[C@@H]3CCc4ccccc43)CCO2)n[nH]1. The molecule has 132 valence electrons. The first kappa shape index (κ1) is 16.3. The van der Waals surface area contributed by atoms with Gasteiger partial charge < -0.3 is 9.64 Å². The number of H-pyrrole nitrogens is 1. The van der Waals surface area contributed by atoms with E-state index < -0.39 is 0 Å². The molecule has 2 aliphatic rings. The fourth-order valence-electron chi connectivity index (χ4n) is 3.84. The van der Waals surface area contributed by atoms with Crippen LogP contribution in [-0.2, 0) is 22.4 Å². The van der Waals surface area contributed by atoms with Gasteiger partial charge in [-0.3, -0.25) is 9.89 Å². The van der Waals surface area contributed by atoms with Crippen molar-refractivity contribution in [2.24, 2.45) is 0 Å². The molecule has 1 saturated heterocycles. The van der Waals surface area contributed by atoms with Crippen LogP contribution in [0.15, 0.2) is 24.3 Å². The number of amides is 1. The molecule has 1 aromatic heterocycles. The van der Waals surface area contributed by atoms with Crippen molar-refractivity contribution in [3.8, 4) is 0 Å². The van der Waals surface area contributed by atoms with Crippen molar-refractivity contribution in [2.75, 3.05) is 19.7 Å². The van der Waals surface area contributed by atoms with Gasteiger partial charge in [-0.2, -0.15) is 5.10 Å². The van der Waals surface area contributed by atoms with Gasteiger partial charge in [0.15, 0.2) is 5.82 Å². The fraction of sp³-hybridized carbons (Fsp3) is 0.526. The molecule has 25 heavy (non-hydrogen) atoms. The van der Waals surface area contributed by atoms with E-state index in [1.165, 1.54) is 11.1 Å². The van der Waals surface area contributed by atoms with E-state index in [1.807, 2.05) is 17.0 Å². The number of nitrogens with zero attached hydrogens (tertiary/aromatic N) is 3. The first-order chi connectivity index (χ1) is 12.3. The number of aromatic amines is 1. The Kier molecular flexibility index (Phi) is 4.53. The summed E-state index contributed by atoms with van der Waals surface area (Å²) in [6.07, 6.45) is 3.55. The summed E-state index contributed by atoms with van der Waals surface area (Å²) in [6, 6.07) is 8.30. The highest BCUT2D eigenvalue weighted by molar-refractivity contribution is 5.85.